The zero-order valence-corrected chi connectivity index (χ0v) is 11.2. The molecule has 0 spiro atoms. The first-order valence-electron chi connectivity index (χ1n) is 5.35. The van der Waals surface area contributed by atoms with Crippen molar-refractivity contribution in [3.05, 3.63) is 34.1 Å². The fourth-order valence-corrected chi connectivity index (χ4v) is 1.68. The van der Waals surface area contributed by atoms with Gasteiger partial charge in [-0.05, 0) is 25.1 Å². The van der Waals surface area contributed by atoms with Crippen molar-refractivity contribution in [2.75, 3.05) is 13.7 Å². The van der Waals surface area contributed by atoms with Gasteiger partial charge in [-0.1, -0.05) is 22.0 Å². The summed E-state index contributed by atoms with van der Waals surface area (Å²) in [6, 6.07) is 4.97. The minimum atomic E-state index is -0.236. The number of benzene rings is 1. The Morgan fingerprint density at radius 3 is 2.94 bits per heavy atom. The molecule has 0 aromatic heterocycles. The maximum Gasteiger partial charge on any atom is 0.305 e. The van der Waals surface area contributed by atoms with Crippen molar-refractivity contribution in [3.8, 4) is 0 Å². The third-order valence-electron chi connectivity index (χ3n) is 2.29. The normalized spacial score (nSPS) is 10.3. The van der Waals surface area contributed by atoms with Gasteiger partial charge in [0.25, 0.3) is 0 Å². The van der Waals surface area contributed by atoms with Gasteiger partial charge in [0.05, 0.1) is 7.11 Å². The average molecular weight is 304 g/mol. The van der Waals surface area contributed by atoms with E-state index in [1.54, 1.807) is 12.1 Å². The molecule has 0 saturated heterocycles. The number of rotatable bonds is 6. The highest BCUT2D eigenvalue weighted by molar-refractivity contribution is 9.10. The molecule has 0 fully saturated rings. The summed E-state index contributed by atoms with van der Waals surface area (Å²) in [5.41, 5.74) is 0.617. The van der Waals surface area contributed by atoms with Gasteiger partial charge in [-0.2, -0.15) is 0 Å². The van der Waals surface area contributed by atoms with Crippen LogP contribution in [0.3, 0.4) is 0 Å². The van der Waals surface area contributed by atoms with Gasteiger partial charge < -0.3 is 10.1 Å². The van der Waals surface area contributed by atoms with Crippen molar-refractivity contribution in [2.45, 2.75) is 19.4 Å². The van der Waals surface area contributed by atoms with Crippen molar-refractivity contribution >= 4 is 21.9 Å². The second-order valence-electron chi connectivity index (χ2n) is 3.59. The minimum Gasteiger partial charge on any atom is -0.469 e. The Hall–Kier alpha value is -0.940. The quantitative estimate of drug-likeness (QED) is 0.648. The van der Waals surface area contributed by atoms with Crippen molar-refractivity contribution in [1.29, 1.82) is 0 Å². The third kappa shape index (κ3) is 5.28. The third-order valence-corrected chi connectivity index (χ3v) is 2.79. The van der Waals surface area contributed by atoms with Gasteiger partial charge in [0.1, 0.15) is 5.82 Å². The standard InChI is InChI=1S/C12H15BrFNO2/c1-17-12(16)3-2-6-15-8-9-4-5-10(13)7-11(9)14/h4-5,7,15H,2-3,6,8H2,1H3. The van der Waals surface area contributed by atoms with E-state index in [1.807, 2.05) is 0 Å². The topological polar surface area (TPSA) is 38.3 Å². The number of hydrogen-bond acceptors (Lipinski definition) is 3. The van der Waals surface area contributed by atoms with Gasteiger partial charge in [0, 0.05) is 23.0 Å². The van der Waals surface area contributed by atoms with Crippen LogP contribution in [0.1, 0.15) is 18.4 Å². The van der Waals surface area contributed by atoms with Crippen LogP contribution in [0.2, 0.25) is 0 Å². The van der Waals surface area contributed by atoms with Gasteiger partial charge in [-0.15, -0.1) is 0 Å². The van der Waals surface area contributed by atoms with Crippen LogP contribution < -0.4 is 5.32 Å². The maximum absolute atomic E-state index is 13.4. The summed E-state index contributed by atoms with van der Waals surface area (Å²) in [6.45, 7) is 1.12. The van der Waals surface area contributed by atoms with E-state index in [-0.39, 0.29) is 11.8 Å². The number of hydrogen-bond donors (Lipinski definition) is 1. The SMILES string of the molecule is COC(=O)CCCNCc1ccc(Br)cc1F. The van der Waals surface area contributed by atoms with E-state index >= 15 is 0 Å². The van der Waals surface area contributed by atoms with E-state index in [2.05, 4.69) is 26.0 Å². The zero-order valence-electron chi connectivity index (χ0n) is 9.63. The molecular weight excluding hydrogens is 289 g/mol. The Kier molecular flexibility index (Phi) is 6.15. The summed E-state index contributed by atoms with van der Waals surface area (Å²) >= 11 is 3.20. The van der Waals surface area contributed by atoms with E-state index in [0.717, 1.165) is 4.47 Å². The molecule has 0 amide bonds. The van der Waals surface area contributed by atoms with Crippen LogP contribution in [0.4, 0.5) is 4.39 Å². The van der Waals surface area contributed by atoms with Gasteiger partial charge in [0.2, 0.25) is 0 Å². The molecule has 0 heterocycles. The smallest absolute Gasteiger partial charge is 0.305 e. The molecule has 0 atom stereocenters. The highest BCUT2D eigenvalue weighted by Gasteiger charge is 2.03. The van der Waals surface area contributed by atoms with Crippen LogP contribution in [-0.4, -0.2) is 19.6 Å². The molecule has 1 rings (SSSR count). The van der Waals surface area contributed by atoms with Crippen LogP contribution in [0, 0.1) is 5.82 Å². The van der Waals surface area contributed by atoms with Crippen LogP contribution in [0.15, 0.2) is 22.7 Å². The van der Waals surface area contributed by atoms with Crippen molar-refractivity contribution in [1.82, 2.24) is 5.32 Å². The Morgan fingerprint density at radius 1 is 1.53 bits per heavy atom. The van der Waals surface area contributed by atoms with E-state index in [1.165, 1.54) is 13.2 Å². The first-order valence-corrected chi connectivity index (χ1v) is 6.14. The highest BCUT2D eigenvalue weighted by atomic mass is 79.9. The molecule has 0 saturated carbocycles. The summed E-state index contributed by atoms with van der Waals surface area (Å²) < 4.78 is 18.6. The largest absolute Gasteiger partial charge is 0.469 e. The first kappa shape index (κ1) is 14.1. The Bertz CT molecular complexity index is 385. The molecule has 1 aromatic rings. The summed E-state index contributed by atoms with van der Waals surface area (Å²) in [4.78, 5) is 10.8. The molecular formula is C12H15BrFNO2. The summed E-state index contributed by atoms with van der Waals surface area (Å²) in [5.74, 6) is -0.457. The zero-order chi connectivity index (χ0) is 12.7. The van der Waals surface area contributed by atoms with E-state index < -0.39 is 0 Å². The molecule has 3 nitrogen and oxygen atoms in total. The minimum absolute atomic E-state index is 0.221. The molecule has 17 heavy (non-hydrogen) atoms. The lowest BCUT2D eigenvalue weighted by molar-refractivity contribution is -0.140. The lowest BCUT2D eigenvalue weighted by Gasteiger charge is -2.06. The molecule has 0 aliphatic heterocycles. The lowest BCUT2D eigenvalue weighted by atomic mass is 10.2. The van der Waals surface area contributed by atoms with Crippen molar-refractivity contribution < 1.29 is 13.9 Å². The van der Waals surface area contributed by atoms with Crippen LogP contribution in [0.25, 0.3) is 0 Å². The number of methoxy groups -OCH3 is 1. The number of carbonyl (C=O) groups is 1. The number of nitrogens with one attached hydrogen (secondary N) is 1. The fraction of sp³-hybridized carbons (Fsp3) is 0.417. The van der Waals surface area contributed by atoms with Crippen molar-refractivity contribution in [3.63, 3.8) is 0 Å². The van der Waals surface area contributed by atoms with Gasteiger partial charge in [-0.25, -0.2) is 4.39 Å². The molecule has 0 aliphatic rings. The predicted octanol–water partition coefficient (Wildman–Crippen LogP) is 2.63. The molecule has 0 radical (unpaired) electrons. The monoisotopic (exact) mass is 303 g/mol. The second kappa shape index (κ2) is 7.40. The maximum atomic E-state index is 13.4. The first-order chi connectivity index (χ1) is 8.13. The Balaban J connectivity index is 2.24. The van der Waals surface area contributed by atoms with E-state index in [4.69, 9.17) is 0 Å². The molecule has 0 aliphatic carbocycles. The van der Waals surface area contributed by atoms with Crippen LogP contribution in [-0.2, 0) is 16.1 Å². The summed E-state index contributed by atoms with van der Waals surface area (Å²) in [7, 11) is 1.37. The lowest BCUT2D eigenvalue weighted by Crippen LogP contribution is -2.16. The number of halogens is 2. The summed E-state index contributed by atoms with van der Waals surface area (Å²) in [6.07, 6.45) is 1.07. The van der Waals surface area contributed by atoms with Gasteiger partial charge in [-0.3, -0.25) is 4.79 Å². The molecule has 1 aromatic carbocycles. The fourth-order valence-electron chi connectivity index (χ4n) is 1.35. The van der Waals surface area contributed by atoms with Crippen molar-refractivity contribution in [2.24, 2.45) is 0 Å². The highest BCUT2D eigenvalue weighted by Crippen LogP contribution is 2.14. The van der Waals surface area contributed by atoms with E-state index in [9.17, 15) is 9.18 Å². The van der Waals surface area contributed by atoms with Crippen LogP contribution in [0.5, 0.6) is 0 Å². The Labute approximate surface area is 108 Å². The molecule has 1 N–H and O–H groups in total. The molecule has 5 heteroatoms. The molecule has 0 unspecified atom stereocenters. The average Bonchev–Trinajstić information content (AvgIpc) is 2.30. The number of ether oxygens (including phenoxy) is 1. The number of carbonyl (C=O) groups excluding carboxylic acids is 1. The summed E-state index contributed by atoms with van der Waals surface area (Å²) in [5, 5.41) is 3.08. The van der Waals surface area contributed by atoms with Gasteiger partial charge in [0.15, 0.2) is 0 Å². The second-order valence-corrected chi connectivity index (χ2v) is 4.51. The predicted molar refractivity (Wildman–Crippen MR) is 67.1 cm³/mol. The van der Waals surface area contributed by atoms with Crippen LogP contribution >= 0.6 is 15.9 Å². The Morgan fingerprint density at radius 2 is 2.29 bits per heavy atom. The number of esters is 1. The molecule has 0 bridgehead atoms. The van der Waals surface area contributed by atoms with E-state index in [0.29, 0.717) is 31.5 Å². The molecule has 94 valence electrons. The van der Waals surface area contributed by atoms with Gasteiger partial charge >= 0.3 is 5.97 Å².